The number of carbonyl (C=O) groups is 2. The van der Waals surface area contributed by atoms with E-state index in [-0.39, 0.29) is 18.0 Å². The summed E-state index contributed by atoms with van der Waals surface area (Å²) in [6.45, 7) is 5.20. The summed E-state index contributed by atoms with van der Waals surface area (Å²) in [7, 11) is 0. The molecule has 3 amide bonds. The van der Waals surface area contributed by atoms with Crippen LogP contribution in [0.25, 0.3) is 0 Å². The third-order valence-corrected chi connectivity index (χ3v) is 4.98. The Bertz CT molecular complexity index is 490. The Morgan fingerprint density at radius 2 is 2.27 bits per heavy atom. The minimum atomic E-state index is -0.484. The maximum absolute atomic E-state index is 12.4. The van der Waals surface area contributed by atoms with Crippen molar-refractivity contribution in [3.63, 3.8) is 0 Å². The first-order chi connectivity index (χ1) is 10.6. The molecule has 5 nitrogen and oxygen atoms in total. The van der Waals surface area contributed by atoms with Crippen LogP contribution in [0.1, 0.15) is 38.0 Å². The van der Waals surface area contributed by atoms with E-state index < -0.39 is 6.04 Å². The van der Waals surface area contributed by atoms with E-state index in [1.54, 1.807) is 18.3 Å². The number of nitrogens with one attached hydrogen (secondary N) is 2. The highest BCUT2D eigenvalue weighted by Gasteiger charge is 2.27. The topological polar surface area (TPSA) is 61.4 Å². The molecule has 2 N–H and O–H groups in total. The van der Waals surface area contributed by atoms with Gasteiger partial charge in [-0.25, -0.2) is 4.79 Å². The molecule has 2 rings (SSSR count). The van der Waals surface area contributed by atoms with Gasteiger partial charge < -0.3 is 15.5 Å². The normalized spacial score (nSPS) is 19.5. The van der Waals surface area contributed by atoms with Gasteiger partial charge in [0.25, 0.3) is 0 Å². The van der Waals surface area contributed by atoms with E-state index in [0.717, 1.165) is 25.8 Å². The van der Waals surface area contributed by atoms with Crippen LogP contribution >= 0.6 is 11.3 Å². The average Bonchev–Trinajstić information content (AvgIpc) is 3.00. The summed E-state index contributed by atoms with van der Waals surface area (Å²) in [6.07, 6.45) is 4.09. The second-order valence-corrected chi connectivity index (χ2v) is 6.86. The van der Waals surface area contributed by atoms with Gasteiger partial charge in [-0.1, -0.05) is 6.07 Å². The molecule has 22 heavy (non-hydrogen) atoms. The van der Waals surface area contributed by atoms with Gasteiger partial charge in [-0.3, -0.25) is 4.79 Å². The number of piperidine rings is 1. The van der Waals surface area contributed by atoms with Crippen LogP contribution in [0.3, 0.4) is 0 Å². The van der Waals surface area contributed by atoms with Crippen molar-refractivity contribution in [1.82, 2.24) is 15.5 Å². The lowest BCUT2D eigenvalue weighted by molar-refractivity contribution is -0.136. The zero-order valence-corrected chi connectivity index (χ0v) is 14.1. The second-order valence-electron chi connectivity index (χ2n) is 5.83. The van der Waals surface area contributed by atoms with Gasteiger partial charge in [0, 0.05) is 24.0 Å². The lowest BCUT2D eigenvalue weighted by Gasteiger charge is -2.35. The average molecular weight is 323 g/mol. The number of rotatable bonds is 5. The molecule has 1 aliphatic heterocycles. The molecule has 0 radical (unpaired) electrons. The highest BCUT2D eigenvalue weighted by Crippen LogP contribution is 2.17. The number of nitrogens with zero attached hydrogens (tertiary/aromatic N) is 1. The standard InChI is InChI=1S/C16H25N3O2S/c1-12-6-3-4-10-19(12)15(20)13(2)18-16(21)17-9-8-14-7-5-11-22-14/h5,7,11-13H,3-4,6,8-10H2,1-2H3,(H2,17,18,21)/t12-,13-/m0/s1. The molecule has 0 unspecified atom stereocenters. The van der Waals surface area contributed by atoms with Gasteiger partial charge in [-0.15, -0.1) is 11.3 Å². The number of thiophene rings is 1. The number of likely N-dealkylation sites (tertiary alicyclic amines) is 1. The second kappa shape index (κ2) is 8.17. The van der Waals surface area contributed by atoms with Crippen LogP contribution < -0.4 is 10.6 Å². The number of carbonyl (C=O) groups excluding carboxylic acids is 2. The lowest BCUT2D eigenvalue weighted by Crippen LogP contribution is -2.53. The molecule has 0 spiro atoms. The Labute approximate surface area is 136 Å². The minimum Gasteiger partial charge on any atom is -0.338 e. The van der Waals surface area contributed by atoms with E-state index in [1.807, 2.05) is 22.4 Å². The number of hydrogen-bond acceptors (Lipinski definition) is 3. The highest BCUT2D eigenvalue weighted by molar-refractivity contribution is 7.09. The first kappa shape index (κ1) is 16.8. The van der Waals surface area contributed by atoms with Crippen LogP contribution in [0.4, 0.5) is 4.79 Å². The quantitative estimate of drug-likeness (QED) is 0.874. The van der Waals surface area contributed by atoms with Crippen LogP contribution in [0.5, 0.6) is 0 Å². The maximum atomic E-state index is 12.4. The summed E-state index contributed by atoms with van der Waals surface area (Å²) in [5, 5.41) is 7.57. The van der Waals surface area contributed by atoms with Crippen molar-refractivity contribution in [2.24, 2.45) is 0 Å². The molecule has 0 bridgehead atoms. The van der Waals surface area contributed by atoms with Gasteiger partial charge in [-0.05, 0) is 51.0 Å². The van der Waals surface area contributed by atoms with E-state index in [1.165, 1.54) is 11.3 Å². The minimum absolute atomic E-state index is 0.0145. The number of urea groups is 1. The van der Waals surface area contributed by atoms with Crippen molar-refractivity contribution in [3.05, 3.63) is 22.4 Å². The van der Waals surface area contributed by atoms with Crippen molar-refractivity contribution >= 4 is 23.3 Å². The molecule has 1 aromatic rings. The molecule has 2 atom stereocenters. The molecule has 0 saturated carbocycles. The fourth-order valence-corrected chi connectivity index (χ4v) is 3.45. The molecule has 1 aromatic heterocycles. The predicted molar refractivity (Wildman–Crippen MR) is 89.0 cm³/mol. The molecular weight excluding hydrogens is 298 g/mol. The molecule has 2 heterocycles. The molecule has 1 fully saturated rings. The monoisotopic (exact) mass is 323 g/mol. The predicted octanol–water partition coefficient (Wildman–Crippen LogP) is 2.38. The molecular formula is C16H25N3O2S. The third kappa shape index (κ3) is 4.73. The van der Waals surface area contributed by atoms with Gasteiger partial charge in [0.2, 0.25) is 5.91 Å². The SMILES string of the molecule is C[C@H](NC(=O)NCCc1cccs1)C(=O)N1CCCC[C@@H]1C. The van der Waals surface area contributed by atoms with Crippen molar-refractivity contribution < 1.29 is 9.59 Å². The van der Waals surface area contributed by atoms with Gasteiger partial charge in [-0.2, -0.15) is 0 Å². The molecule has 6 heteroatoms. The fourth-order valence-electron chi connectivity index (χ4n) is 2.74. The van der Waals surface area contributed by atoms with Crippen molar-refractivity contribution in [3.8, 4) is 0 Å². The fraction of sp³-hybridized carbons (Fsp3) is 0.625. The Morgan fingerprint density at radius 1 is 1.45 bits per heavy atom. The Morgan fingerprint density at radius 3 is 2.95 bits per heavy atom. The van der Waals surface area contributed by atoms with Crippen LogP contribution in [-0.2, 0) is 11.2 Å². The van der Waals surface area contributed by atoms with Gasteiger partial charge in [0.05, 0.1) is 0 Å². The maximum Gasteiger partial charge on any atom is 0.315 e. The molecule has 1 saturated heterocycles. The van der Waals surface area contributed by atoms with Crippen LogP contribution in [0.2, 0.25) is 0 Å². The molecule has 0 aliphatic carbocycles. The van der Waals surface area contributed by atoms with Crippen molar-refractivity contribution in [1.29, 1.82) is 0 Å². The van der Waals surface area contributed by atoms with E-state index in [2.05, 4.69) is 17.6 Å². The smallest absolute Gasteiger partial charge is 0.315 e. The van der Waals surface area contributed by atoms with Crippen LogP contribution in [0, 0.1) is 0 Å². The lowest BCUT2D eigenvalue weighted by atomic mass is 10.0. The van der Waals surface area contributed by atoms with Gasteiger partial charge in [0.15, 0.2) is 0 Å². The number of hydrogen-bond donors (Lipinski definition) is 2. The Hall–Kier alpha value is -1.56. The first-order valence-corrected chi connectivity index (χ1v) is 8.83. The summed E-state index contributed by atoms with van der Waals surface area (Å²) in [5.74, 6) is 0.0145. The number of amides is 3. The summed E-state index contributed by atoms with van der Waals surface area (Å²) in [4.78, 5) is 27.4. The third-order valence-electron chi connectivity index (χ3n) is 4.04. The van der Waals surface area contributed by atoms with Crippen LogP contribution in [0.15, 0.2) is 17.5 Å². The Kier molecular flexibility index (Phi) is 6.24. The zero-order chi connectivity index (χ0) is 15.9. The van der Waals surface area contributed by atoms with E-state index in [9.17, 15) is 9.59 Å². The summed E-state index contributed by atoms with van der Waals surface area (Å²) < 4.78 is 0. The van der Waals surface area contributed by atoms with Gasteiger partial charge in [0.1, 0.15) is 6.04 Å². The largest absolute Gasteiger partial charge is 0.338 e. The Balaban J connectivity index is 1.71. The van der Waals surface area contributed by atoms with E-state index >= 15 is 0 Å². The molecule has 1 aliphatic rings. The molecule has 122 valence electrons. The van der Waals surface area contributed by atoms with E-state index in [0.29, 0.717) is 6.54 Å². The van der Waals surface area contributed by atoms with Crippen molar-refractivity contribution in [2.45, 2.75) is 51.6 Å². The van der Waals surface area contributed by atoms with Gasteiger partial charge >= 0.3 is 6.03 Å². The molecule has 0 aromatic carbocycles. The van der Waals surface area contributed by atoms with Crippen molar-refractivity contribution in [2.75, 3.05) is 13.1 Å². The highest BCUT2D eigenvalue weighted by atomic mass is 32.1. The summed E-state index contributed by atoms with van der Waals surface area (Å²) >= 11 is 1.68. The summed E-state index contributed by atoms with van der Waals surface area (Å²) in [6, 6.07) is 3.56. The first-order valence-electron chi connectivity index (χ1n) is 7.95. The van der Waals surface area contributed by atoms with E-state index in [4.69, 9.17) is 0 Å². The zero-order valence-electron chi connectivity index (χ0n) is 13.3. The van der Waals surface area contributed by atoms with Crippen LogP contribution in [-0.4, -0.2) is 42.0 Å². The summed E-state index contributed by atoms with van der Waals surface area (Å²) in [5.41, 5.74) is 0.